The number of hydrogen-bond acceptors (Lipinski definition) is 9. The molecule has 1 aromatic carbocycles. The Labute approximate surface area is 255 Å². The van der Waals surface area contributed by atoms with E-state index in [0.717, 1.165) is 38.6 Å². The van der Waals surface area contributed by atoms with Gasteiger partial charge in [-0.05, 0) is 99.5 Å². The summed E-state index contributed by atoms with van der Waals surface area (Å²) in [5.74, 6) is 2.81. The zero-order chi connectivity index (χ0) is 31.0. The first-order chi connectivity index (χ1) is 21.1. The highest BCUT2D eigenvalue weighted by molar-refractivity contribution is 5.53. The van der Waals surface area contributed by atoms with Gasteiger partial charge in [-0.2, -0.15) is 10.2 Å². The molecule has 12 heteroatoms. The summed E-state index contributed by atoms with van der Waals surface area (Å²) in [5, 5.41) is 39.9. The molecule has 5 aliphatic rings. The molecule has 1 heterocycles. The van der Waals surface area contributed by atoms with Crippen LogP contribution >= 0.6 is 0 Å². The fourth-order valence-corrected chi connectivity index (χ4v) is 8.63. The number of anilines is 2. The molecule has 0 spiro atoms. The van der Waals surface area contributed by atoms with E-state index in [4.69, 9.17) is 0 Å². The summed E-state index contributed by atoms with van der Waals surface area (Å²) in [7, 11) is 0. The summed E-state index contributed by atoms with van der Waals surface area (Å²) >= 11 is 0. The first kappa shape index (κ1) is 30.9. The van der Waals surface area contributed by atoms with Crippen molar-refractivity contribution >= 4 is 11.8 Å². The van der Waals surface area contributed by atoms with E-state index in [9.17, 15) is 28.6 Å². The average molecular weight is 615 g/mol. The Hall–Kier alpha value is -3.14. The van der Waals surface area contributed by atoms with Crippen LogP contribution in [0.25, 0.3) is 0 Å². The molecule has 238 valence electrons. The maximum absolute atomic E-state index is 12.8. The van der Waals surface area contributed by atoms with Crippen molar-refractivity contribution in [3.05, 3.63) is 41.6 Å². The van der Waals surface area contributed by atoms with Crippen LogP contribution in [0.2, 0.25) is 0 Å². The van der Waals surface area contributed by atoms with E-state index < -0.39 is 12.0 Å². The third-order valence-corrected chi connectivity index (χ3v) is 10.5. The molecule has 2 aromatic rings. The van der Waals surface area contributed by atoms with E-state index in [1.165, 1.54) is 37.2 Å². The molecule has 0 amide bonds. The topological polar surface area (TPSA) is 135 Å². The van der Waals surface area contributed by atoms with Crippen LogP contribution in [0.15, 0.2) is 30.5 Å². The number of aliphatic hydroxyl groups is 2. The van der Waals surface area contributed by atoms with Crippen LogP contribution in [0, 0.1) is 40.4 Å². The fraction of sp³-hybridized carbons (Fsp3) is 0.656. The predicted molar refractivity (Wildman–Crippen MR) is 157 cm³/mol. The van der Waals surface area contributed by atoms with Crippen molar-refractivity contribution in [1.82, 2.24) is 15.3 Å². The SMILES string of the molecule is N#Cc1cnc(NCc2ccccc2OC(F)(F)F)nc1NC[C@]12CC3C[C@H](C1)[C@@H](NCC1CCC(O)(CO)CC1)[C@@H](C3)C2. The number of benzene rings is 1. The lowest BCUT2D eigenvalue weighted by atomic mass is 9.48. The molecule has 9 nitrogen and oxygen atoms in total. The van der Waals surface area contributed by atoms with Gasteiger partial charge >= 0.3 is 6.36 Å². The van der Waals surface area contributed by atoms with Gasteiger partial charge in [-0.3, -0.25) is 0 Å². The summed E-state index contributed by atoms with van der Waals surface area (Å²) in [6.45, 7) is 1.53. The number of nitriles is 1. The van der Waals surface area contributed by atoms with Crippen LogP contribution in [0.3, 0.4) is 0 Å². The molecule has 1 aromatic heterocycles. The number of nitrogens with one attached hydrogen (secondary N) is 3. The van der Waals surface area contributed by atoms with E-state index in [1.54, 1.807) is 6.07 Å². The maximum atomic E-state index is 12.8. The van der Waals surface area contributed by atoms with Gasteiger partial charge in [0.05, 0.1) is 18.4 Å². The lowest BCUT2D eigenvalue weighted by molar-refractivity contribution is -0.274. The van der Waals surface area contributed by atoms with E-state index in [1.807, 2.05) is 0 Å². The van der Waals surface area contributed by atoms with Gasteiger partial charge in [-0.1, -0.05) is 18.2 Å². The van der Waals surface area contributed by atoms with Crippen molar-refractivity contribution in [2.75, 3.05) is 30.3 Å². The molecule has 1 unspecified atom stereocenters. The highest BCUT2D eigenvalue weighted by Crippen LogP contribution is 2.60. The van der Waals surface area contributed by atoms with Gasteiger partial charge in [-0.15, -0.1) is 13.2 Å². The predicted octanol–water partition coefficient (Wildman–Crippen LogP) is 4.97. The number of nitrogens with zero attached hydrogens (tertiary/aromatic N) is 3. The lowest BCUT2D eigenvalue weighted by Crippen LogP contribution is -2.60. The molecule has 7 rings (SSSR count). The largest absolute Gasteiger partial charge is 0.573 e. The average Bonchev–Trinajstić information content (AvgIpc) is 2.99. The molecule has 44 heavy (non-hydrogen) atoms. The zero-order valence-corrected chi connectivity index (χ0v) is 24.7. The Bertz CT molecular complexity index is 1340. The van der Waals surface area contributed by atoms with E-state index in [0.29, 0.717) is 66.0 Å². The second-order valence-electron chi connectivity index (χ2n) is 13.7. The van der Waals surface area contributed by atoms with Gasteiger partial charge in [0, 0.05) is 24.7 Å². The Morgan fingerprint density at radius 3 is 2.48 bits per heavy atom. The van der Waals surface area contributed by atoms with Crippen LogP contribution in [0.1, 0.15) is 68.9 Å². The van der Waals surface area contributed by atoms with Crippen molar-refractivity contribution in [3.8, 4) is 11.8 Å². The molecular weight excluding hydrogens is 573 g/mol. The van der Waals surface area contributed by atoms with Gasteiger partial charge < -0.3 is 30.9 Å². The Morgan fingerprint density at radius 1 is 1.07 bits per heavy atom. The van der Waals surface area contributed by atoms with Gasteiger partial charge in [0.1, 0.15) is 23.2 Å². The molecule has 5 aliphatic carbocycles. The number of halogens is 3. The molecule has 5 atom stereocenters. The van der Waals surface area contributed by atoms with Crippen LogP contribution in [0.4, 0.5) is 24.9 Å². The molecule has 0 aliphatic heterocycles. The molecular formula is C32H41F3N6O3. The fourth-order valence-electron chi connectivity index (χ4n) is 8.63. The number of alkyl halides is 3. The quantitative estimate of drug-likeness (QED) is 0.238. The normalized spacial score (nSPS) is 32.7. The highest BCUT2D eigenvalue weighted by Gasteiger charge is 2.55. The van der Waals surface area contributed by atoms with E-state index in [2.05, 4.69) is 36.7 Å². The van der Waals surface area contributed by atoms with Crippen LogP contribution in [0.5, 0.6) is 5.75 Å². The first-order valence-electron chi connectivity index (χ1n) is 15.7. The summed E-state index contributed by atoms with van der Waals surface area (Å²) < 4.78 is 42.6. The summed E-state index contributed by atoms with van der Waals surface area (Å²) in [6, 6.07) is 8.57. The first-order valence-corrected chi connectivity index (χ1v) is 15.7. The third-order valence-electron chi connectivity index (χ3n) is 10.5. The smallest absolute Gasteiger partial charge is 0.405 e. The van der Waals surface area contributed by atoms with Crippen molar-refractivity contribution in [2.45, 2.75) is 82.3 Å². The summed E-state index contributed by atoms with van der Waals surface area (Å²) in [5.41, 5.74) is -0.141. The molecule has 5 fully saturated rings. The van der Waals surface area contributed by atoms with Crippen LogP contribution in [-0.4, -0.2) is 57.9 Å². The number of ether oxygens (including phenoxy) is 1. The number of aliphatic hydroxyl groups excluding tert-OH is 1. The Kier molecular flexibility index (Phi) is 8.65. The minimum atomic E-state index is -4.80. The standard InChI is InChI=1S/C32H41F3N6O3/c33-32(34,35)44-26-4-2-1-3-22(26)16-38-29-39-17-25(14-36)28(41-29)40-18-30-11-21-9-23(12-30)27(24(10-21)13-30)37-15-20-5-7-31(43,19-42)8-6-20/h1-4,17,20-21,23-24,27,37,42-43H,5-13,15-16,18-19H2,(H2,38,39,40,41)/t20?,21?,23-,24+,27-,30-,31?. The molecule has 5 saturated carbocycles. The minimum Gasteiger partial charge on any atom is -0.405 e. The summed E-state index contributed by atoms with van der Waals surface area (Å²) in [4.78, 5) is 8.73. The van der Waals surface area contributed by atoms with Gasteiger partial charge in [0.15, 0.2) is 0 Å². The van der Waals surface area contributed by atoms with Crippen LogP contribution in [-0.2, 0) is 6.54 Å². The second kappa shape index (κ2) is 12.3. The minimum absolute atomic E-state index is 0.0180. The number of rotatable bonds is 11. The van der Waals surface area contributed by atoms with Gasteiger partial charge in [0.2, 0.25) is 5.95 Å². The van der Waals surface area contributed by atoms with Crippen LogP contribution < -0.4 is 20.7 Å². The van der Waals surface area contributed by atoms with Crippen molar-refractivity contribution in [3.63, 3.8) is 0 Å². The Balaban J connectivity index is 1.06. The molecule has 0 radical (unpaired) electrons. The number of hydrogen-bond donors (Lipinski definition) is 5. The third kappa shape index (κ3) is 6.90. The number of para-hydroxylation sites is 1. The maximum Gasteiger partial charge on any atom is 0.573 e. The Morgan fingerprint density at radius 2 is 1.80 bits per heavy atom. The van der Waals surface area contributed by atoms with E-state index >= 15 is 0 Å². The zero-order valence-electron chi connectivity index (χ0n) is 24.7. The van der Waals surface area contributed by atoms with Gasteiger partial charge in [0.25, 0.3) is 0 Å². The highest BCUT2D eigenvalue weighted by atomic mass is 19.4. The van der Waals surface area contributed by atoms with Crippen molar-refractivity contribution in [1.29, 1.82) is 5.26 Å². The number of aromatic nitrogens is 2. The van der Waals surface area contributed by atoms with E-state index in [-0.39, 0.29) is 30.3 Å². The molecule has 5 N–H and O–H groups in total. The molecule has 4 bridgehead atoms. The summed E-state index contributed by atoms with van der Waals surface area (Å²) in [6.07, 6.45) is 5.73. The van der Waals surface area contributed by atoms with Crippen molar-refractivity contribution < 1.29 is 28.1 Å². The second-order valence-corrected chi connectivity index (χ2v) is 13.7. The molecule has 0 saturated heterocycles. The van der Waals surface area contributed by atoms with Gasteiger partial charge in [-0.25, -0.2) is 4.98 Å². The van der Waals surface area contributed by atoms with Crippen molar-refractivity contribution in [2.24, 2.45) is 29.1 Å². The monoisotopic (exact) mass is 614 g/mol. The lowest BCUT2D eigenvalue weighted by Gasteiger charge is -2.60.